The van der Waals surface area contributed by atoms with Gasteiger partial charge in [-0.2, -0.15) is 0 Å². The molecule has 0 radical (unpaired) electrons. The predicted molar refractivity (Wildman–Crippen MR) is 84.3 cm³/mol. The van der Waals surface area contributed by atoms with Crippen molar-refractivity contribution >= 4 is 5.69 Å². The maximum atomic E-state index is 5.80. The average Bonchev–Trinajstić information content (AvgIpc) is 2.50. The van der Waals surface area contributed by atoms with Crippen LogP contribution in [0.25, 0.3) is 0 Å². The fourth-order valence-electron chi connectivity index (χ4n) is 3.09. The molecule has 0 saturated carbocycles. The van der Waals surface area contributed by atoms with Gasteiger partial charge in [0, 0.05) is 18.3 Å². The summed E-state index contributed by atoms with van der Waals surface area (Å²) in [5, 5.41) is 0. The minimum atomic E-state index is 0.532. The number of nitrogens with zero attached hydrogens (tertiary/aromatic N) is 1. The molecule has 1 atom stereocenters. The first-order chi connectivity index (χ1) is 9.83. The molecule has 1 aliphatic heterocycles. The largest absolute Gasteiger partial charge is 0.399 e. The number of rotatable bonds is 3. The fraction of sp³-hybridized carbons (Fsp3) is 0.333. The number of anilines is 1. The standard InChI is InChI=1S/C18H22N2/c19-17-11-9-16(10-12-17)18-8-4-5-13-20(18)14-15-6-2-1-3-7-15/h1-3,6-7,9-12,18H,4-5,8,13-14,19H2. The summed E-state index contributed by atoms with van der Waals surface area (Å²) in [4.78, 5) is 2.60. The van der Waals surface area contributed by atoms with Crippen LogP contribution in [0.15, 0.2) is 54.6 Å². The van der Waals surface area contributed by atoms with Crippen molar-refractivity contribution in [3.8, 4) is 0 Å². The first-order valence-corrected chi connectivity index (χ1v) is 7.46. The Kier molecular flexibility index (Phi) is 4.03. The molecule has 0 amide bonds. The zero-order chi connectivity index (χ0) is 13.8. The van der Waals surface area contributed by atoms with Crippen LogP contribution in [0.5, 0.6) is 0 Å². The summed E-state index contributed by atoms with van der Waals surface area (Å²) in [5.74, 6) is 0. The molecular weight excluding hydrogens is 244 g/mol. The fourth-order valence-corrected chi connectivity index (χ4v) is 3.09. The molecule has 104 valence electrons. The van der Waals surface area contributed by atoms with Crippen molar-refractivity contribution in [3.63, 3.8) is 0 Å². The lowest BCUT2D eigenvalue weighted by atomic mass is 9.94. The molecule has 1 aliphatic rings. The Balaban J connectivity index is 1.78. The SMILES string of the molecule is Nc1ccc(C2CCCCN2Cc2ccccc2)cc1. The summed E-state index contributed by atoms with van der Waals surface area (Å²) in [6.07, 6.45) is 3.87. The summed E-state index contributed by atoms with van der Waals surface area (Å²) in [7, 11) is 0. The van der Waals surface area contributed by atoms with E-state index in [1.807, 2.05) is 12.1 Å². The number of piperidine rings is 1. The van der Waals surface area contributed by atoms with Gasteiger partial charge in [0.15, 0.2) is 0 Å². The van der Waals surface area contributed by atoms with E-state index in [-0.39, 0.29) is 0 Å². The zero-order valence-electron chi connectivity index (χ0n) is 11.8. The molecule has 2 aromatic carbocycles. The lowest BCUT2D eigenvalue weighted by Crippen LogP contribution is -2.32. The first kappa shape index (κ1) is 13.2. The van der Waals surface area contributed by atoms with Crippen molar-refractivity contribution in [3.05, 3.63) is 65.7 Å². The second-order valence-electron chi connectivity index (χ2n) is 5.63. The molecule has 0 aromatic heterocycles. The van der Waals surface area contributed by atoms with Gasteiger partial charge in [0.1, 0.15) is 0 Å². The maximum absolute atomic E-state index is 5.80. The Morgan fingerprint density at radius 2 is 1.70 bits per heavy atom. The van der Waals surface area contributed by atoms with E-state index >= 15 is 0 Å². The Hall–Kier alpha value is -1.80. The summed E-state index contributed by atoms with van der Waals surface area (Å²) in [6, 6.07) is 19.7. The van der Waals surface area contributed by atoms with Gasteiger partial charge >= 0.3 is 0 Å². The van der Waals surface area contributed by atoms with E-state index in [4.69, 9.17) is 5.73 Å². The van der Waals surface area contributed by atoms with Crippen LogP contribution in [0, 0.1) is 0 Å². The van der Waals surface area contributed by atoms with Gasteiger partial charge in [-0.1, -0.05) is 48.9 Å². The van der Waals surface area contributed by atoms with Crippen LogP contribution in [0.4, 0.5) is 5.69 Å². The van der Waals surface area contributed by atoms with Crippen LogP contribution in [-0.4, -0.2) is 11.4 Å². The Bertz CT molecular complexity index is 533. The van der Waals surface area contributed by atoms with Gasteiger partial charge < -0.3 is 5.73 Å². The monoisotopic (exact) mass is 266 g/mol. The van der Waals surface area contributed by atoms with Crippen molar-refractivity contribution in [1.82, 2.24) is 4.90 Å². The highest BCUT2D eigenvalue weighted by Crippen LogP contribution is 2.32. The van der Waals surface area contributed by atoms with Gasteiger partial charge in [-0.25, -0.2) is 0 Å². The van der Waals surface area contributed by atoms with E-state index in [2.05, 4.69) is 47.4 Å². The molecular formula is C18H22N2. The first-order valence-electron chi connectivity index (χ1n) is 7.46. The smallest absolute Gasteiger partial charge is 0.0351 e. The van der Waals surface area contributed by atoms with E-state index in [1.54, 1.807) is 0 Å². The molecule has 1 saturated heterocycles. The second-order valence-corrected chi connectivity index (χ2v) is 5.63. The van der Waals surface area contributed by atoms with Gasteiger partial charge in [0.25, 0.3) is 0 Å². The third-order valence-electron chi connectivity index (χ3n) is 4.16. The van der Waals surface area contributed by atoms with Crippen LogP contribution in [0.1, 0.15) is 36.4 Å². The highest BCUT2D eigenvalue weighted by molar-refractivity contribution is 5.40. The highest BCUT2D eigenvalue weighted by atomic mass is 15.2. The van der Waals surface area contributed by atoms with Crippen LogP contribution >= 0.6 is 0 Å². The topological polar surface area (TPSA) is 29.3 Å². The second kappa shape index (κ2) is 6.10. The third kappa shape index (κ3) is 3.02. The van der Waals surface area contributed by atoms with Crippen molar-refractivity contribution in [2.45, 2.75) is 31.8 Å². The van der Waals surface area contributed by atoms with Gasteiger partial charge in [0.2, 0.25) is 0 Å². The van der Waals surface area contributed by atoms with Crippen molar-refractivity contribution in [1.29, 1.82) is 0 Å². The summed E-state index contributed by atoms with van der Waals surface area (Å²) in [5.41, 5.74) is 9.44. The van der Waals surface area contributed by atoms with Gasteiger partial charge in [0.05, 0.1) is 0 Å². The van der Waals surface area contributed by atoms with Crippen LogP contribution < -0.4 is 5.73 Å². The number of nitrogens with two attached hydrogens (primary N) is 1. The number of hydrogen-bond donors (Lipinski definition) is 1. The molecule has 3 rings (SSSR count). The van der Waals surface area contributed by atoms with E-state index in [1.165, 1.54) is 36.9 Å². The Morgan fingerprint density at radius 3 is 2.45 bits per heavy atom. The van der Waals surface area contributed by atoms with E-state index in [0.717, 1.165) is 12.2 Å². The molecule has 1 fully saturated rings. The normalized spacial score (nSPS) is 19.9. The molecule has 1 unspecified atom stereocenters. The number of nitrogen functional groups attached to an aromatic ring is 1. The van der Waals surface area contributed by atoms with Gasteiger partial charge in [-0.3, -0.25) is 4.90 Å². The molecule has 2 heteroatoms. The minimum absolute atomic E-state index is 0.532. The molecule has 20 heavy (non-hydrogen) atoms. The van der Waals surface area contributed by atoms with Gasteiger partial charge in [-0.15, -0.1) is 0 Å². The van der Waals surface area contributed by atoms with Crippen molar-refractivity contribution in [2.75, 3.05) is 12.3 Å². The van der Waals surface area contributed by atoms with Crippen molar-refractivity contribution < 1.29 is 0 Å². The van der Waals surface area contributed by atoms with E-state index < -0.39 is 0 Å². The van der Waals surface area contributed by atoms with E-state index in [0.29, 0.717) is 6.04 Å². The predicted octanol–water partition coefficient (Wildman–Crippen LogP) is 4.00. The van der Waals surface area contributed by atoms with Gasteiger partial charge in [-0.05, 0) is 42.6 Å². The Morgan fingerprint density at radius 1 is 0.950 bits per heavy atom. The highest BCUT2D eigenvalue weighted by Gasteiger charge is 2.23. The minimum Gasteiger partial charge on any atom is -0.399 e. The summed E-state index contributed by atoms with van der Waals surface area (Å²) >= 11 is 0. The summed E-state index contributed by atoms with van der Waals surface area (Å²) in [6.45, 7) is 2.22. The molecule has 2 nitrogen and oxygen atoms in total. The lowest BCUT2D eigenvalue weighted by molar-refractivity contribution is 0.140. The van der Waals surface area contributed by atoms with Crippen LogP contribution in [0.3, 0.4) is 0 Å². The summed E-state index contributed by atoms with van der Waals surface area (Å²) < 4.78 is 0. The maximum Gasteiger partial charge on any atom is 0.0351 e. The zero-order valence-corrected chi connectivity index (χ0v) is 11.8. The molecule has 0 bridgehead atoms. The molecule has 2 aromatic rings. The molecule has 1 heterocycles. The van der Waals surface area contributed by atoms with E-state index in [9.17, 15) is 0 Å². The number of hydrogen-bond acceptors (Lipinski definition) is 2. The van der Waals surface area contributed by atoms with Crippen LogP contribution in [0.2, 0.25) is 0 Å². The quantitative estimate of drug-likeness (QED) is 0.851. The average molecular weight is 266 g/mol. The molecule has 0 aliphatic carbocycles. The third-order valence-corrected chi connectivity index (χ3v) is 4.16. The number of benzene rings is 2. The lowest BCUT2D eigenvalue weighted by Gasteiger charge is -2.36. The van der Waals surface area contributed by atoms with Crippen LogP contribution in [-0.2, 0) is 6.54 Å². The molecule has 0 spiro atoms. The van der Waals surface area contributed by atoms with Crippen molar-refractivity contribution in [2.24, 2.45) is 0 Å². The Labute approximate surface area is 121 Å². The number of likely N-dealkylation sites (tertiary alicyclic amines) is 1. The molecule has 2 N–H and O–H groups in total.